The number of urea groups is 1. The van der Waals surface area contributed by atoms with Gasteiger partial charge in [0.15, 0.2) is 6.04 Å². The maximum Gasteiger partial charge on any atom is 0.328 e. The summed E-state index contributed by atoms with van der Waals surface area (Å²) in [4.78, 5) is 24.8. The number of nitrogens with one attached hydrogen (secondary N) is 1. The summed E-state index contributed by atoms with van der Waals surface area (Å²) >= 11 is 0. The lowest BCUT2D eigenvalue weighted by Gasteiger charge is -2.26. The van der Waals surface area contributed by atoms with Gasteiger partial charge in [0.1, 0.15) is 0 Å². The quantitative estimate of drug-likeness (QED) is 0.769. The van der Waals surface area contributed by atoms with E-state index in [2.05, 4.69) is 5.32 Å². The van der Waals surface area contributed by atoms with Crippen molar-refractivity contribution in [3.05, 3.63) is 29.8 Å². The van der Waals surface area contributed by atoms with Crippen molar-refractivity contribution < 1.29 is 19.8 Å². The molecular formula is C14H18N2O4. The Morgan fingerprint density at radius 3 is 2.65 bits per heavy atom. The number of nitrogens with zero attached hydrogens (tertiary/aromatic N) is 1. The number of hydrogen-bond acceptors (Lipinski definition) is 3. The first-order chi connectivity index (χ1) is 9.41. The van der Waals surface area contributed by atoms with Crippen LogP contribution < -0.4 is 10.2 Å². The van der Waals surface area contributed by atoms with E-state index in [-0.39, 0.29) is 6.04 Å². The van der Waals surface area contributed by atoms with Gasteiger partial charge in [-0.1, -0.05) is 18.2 Å². The summed E-state index contributed by atoms with van der Waals surface area (Å²) in [6.07, 6.45) is -0.430. The van der Waals surface area contributed by atoms with E-state index in [0.717, 1.165) is 17.7 Å². The second-order valence-electron chi connectivity index (χ2n) is 5.06. The Kier molecular flexibility index (Phi) is 3.94. The van der Waals surface area contributed by atoms with Crippen molar-refractivity contribution in [1.29, 1.82) is 0 Å². The van der Waals surface area contributed by atoms with Crippen LogP contribution in [0.25, 0.3) is 0 Å². The first-order valence-electron chi connectivity index (χ1n) is 6.50. The standard InChI is InChI=1S/C14H18N2O4/c1-8-7-10-5-3-4-6-11(10)16(8)14(20)15-12(9(2)17)13(18)19/h3-6,8-9,12,17H,7H2,1-2H3,(H,15,20)(H,18,19). The molecule has 1 aliphatic heterocycles. The highest BCUT2D eigenvalue weighted by molar-refractivity contribution is 5.97. The molecule has 1 aromatic rings. The fourth-order valence-corrected chi connectivity index (χ4v) is 2.47. The van der Waals surface area contributed by atoms with Crippen LogP contribution in [0, 0.1) is 0 Å². The van der Waals surface area contributed by atoms with E-state index in [9.17, 15) is 14.7 Å². The maximum absolute atomic E-state index is 12.3. The molecule has 1 aliphatic rings. The van der Waals surface area contributed by atoms with Crippen LogP contribution in [0.4, 0.5) is 10.5 Å². The van der Waals surface area contributed by atoms with E-state index >= 15 is 0 Å². The SMILES string of the molecule is CC(O)C(NC(=O)N1c2ccccc2CC1C)C(=O)O. The summed E-state index contributed by atoms with van der Waals surface area (Å²) in [6, 6.07) is 5.65. The van der Waals surface area contributed by atoms with Gasteiger partial charge < -0.3 is 15.5 Å². The average Bonchev–Trinajstić information content (AvgIpc) is 2.70. The van der Waals surface area contributed by atoms with E-state index in [0.29, 0.717) is 0 Å². The molecule has 0 aromatic heterocycles. The molecule has 3 atom stereocenters. The summed E-state index contributed by atoms with van der Waals surface area (Å²) in [7, 11) is 0. The molecule has 6 heteroatoms. The normalized spacial score (nSPS) is 20.1. The third-order valence-electron chi connectivity index (χ3n) is 3.45. The molecule has 2 amide bonds. The van der Waals surface area contributed by atoms with E-state index in [4.69, 9.17) is 5.11 Å². The van der Waals surface area contributed by atoms with Crippen LogP contribution in [0.2, 0.25) is 0 Å². The molecule has 0 saturated heterocycles. The maximum atomic E-state index is 12.3. The molecule has 108 valence electrons. The lowest BCUT2D eigenvalue weighted by atomic mass is 10.1. The van der Waals surface area contributed by atoms with Crippen LogP contribution in [-0.4, -0.2) is 40.4 Å². The summed E-state index contributed by atoms with van der Waals surface area (Å²) in [5, 5.41) is 20.8. The van der Waals surface area contributed by atoms with Crippen LogP contribution in [-0.2, 0) is 11.2 Å². The van der Waals surface area contributed by atoms with Crippen molar-refractivity contribution >= 4 is 17.7 Å². The number of anilines is 1. The predicted octanol–water partition coefficient (Wildman–Crippen LogP) is 0.981. The first kappa shape index (κ1) is 14.3. The Bertz CT molecular complexity index is 530. The smallest absolute Gasteiger partial charge is 0.328 e. The van der Waals surface area contributed by atoms with Gasteiger partial charge in [0.05, 0.1) is 6.10 Å². The fourth-order valence-electron chi connectivity index (χ4n) is 2.47. The average molecular weight is 278 g/mol. The van der Waals surface area contributed by atoms with Crippen LogP contribution in [0.1, 0.15) is 19.4 Å². The first-order valence-corrected chi connectivity index (χ1v) is 6.50. The van der Waals surface area contributed by atoms with E-state index in [1.54, 1.807) is 0 Å². The van der Waals surface area contributed by atoms with Gasteiger partial charge in [-0.3, -0.25) is 4.90 Å². The molecule has 3 N–H and O–H groups in total. The van der Waals surface area contributed by atoms with E-state index in [1.807, 2.05) is 31.2 Å². The molecule has 1 aromatic carbocycles. The highest BCUT2D eigenvalue weighted by Crippen LogP contribution is 2.31. The second kappa shape index (κ2) is 5.50. The van der Waals surface area contributed by atoms with Crippen LogP contribution >= 0.6 is 0 Å². The minimum Gasteiger partial charge on any atom is -0.480 e. The van der Waals surface area contributed by atoms with E-state index < -0.39 is 24.1 Å². The van der Waals surface area contributed by atoms with Gasteiger partial charge in [0.25, 0.3) is 0 Å². The van der Waals surface area contributed by atoms with E-state index in [1.165, 1.54) is 11.8 Å². The molecule has 0 spiro atoms. The zero-order chi connectivity index (χ0) is 14.9. The van der Waals surface area contributed by atoms with Crippen molar-refractivity contribution in [2.24, 2.45) is 0 Å². The Hall–Kier alpha value is -2.08. The summed E-state index contributed by atoms with van der Waals surface area (Å²) in [6.45, 7) is 3.23. The molecule has 0 saturated carbocycles. The highest BCUT2D eigenvalue weighted by Gasteiger charge is 2.34. The van der Waals surface area contributed by atoms with Crippen molar-refractivity contribution in [2.75, 3.05) is 4.90 Å². The number of aliphatic hydroxyl groups excluding tert-OH is 1. The Balaban J connectivity index is 2.19. The van der Waals surface area contributed by atoms with Crippen molar-refractivity contribution in [3.8, 4) is 0 Å². The number of carboxylic acids is 1. The minimum absolute atomic E-state index is 0.0455. The summed E-state index contributed by atoms with van der Waals surface area (Å²) in [5.74, 6) is -1.26. The van der Waals surface area contributed by atoms with Crippen molar-refractivity contribution in [1.82, 2.24) is 5.32 Å². The van der Waals surface area contributed by atoms with Gasteiger partial charge in [-0.25, -0.2) is 9.59 Å². The Labute approximate surface area is 117 Å². The molecule has 20 heavy (non-hydrogen) atoms. The summed E-state index contributed by atoms with van der Waals surface area (Å²) in [5.41, 5.74) is 1.84. The number of carbonyl (C=O) groups is 2. The third kappa shape index (κ3) is 2.60. The number of para-hydroxylation sites is 1. The molecular weight excluding hydrogens is 260 g/mol. The van der Waals surface area contributed by atoms with Gasteiger partial charge in [-0.15, -0.1) is 0 Å². The van der Waals surface area contributed by atoms with Gasteiger partial charge in [0.2, 0.25) is 0 Å². The molecule has 0 bridgehead atoms. The lowest BCUT2D eigenvalue weighted by Crippen LogP contribution is -2.53. The monoisotopic (exact) mass is 278 g/mol. The Morgan fingerprint density at radius 1 is 1.40 bits per heavy atom. The van der Waals surface area contributed by atoms with Crippen molar-refractivity contribution in [3.63, 3.8) is 0 Å². The molecule has 0 fully saturated rings. The number of carbonyl (C=O) groups excluding carboxylic acids is 1. The number of carboxylic acid groups (broad SMARTS) is 1. The number of fused-ring (bicyclic) bond motifs is 1. The topological polar surface area (TPSA) is 89.9 Å². The number of rotatable bonds is 3. The number of aliphatic hydroxyl groups is 1. The van der Waals surface area contributed by atoms with Gasteiger partial charge in [-0.05, 0) is 31.9 Å². The molecule has 0 aliphatic carbocycles. The lowest BCUT2D eigenvalue weighted by molar-refractivity contribution is -0.141. The van der Waals surface area contributed by atoms with Crippen LogP contribution in [0.3, 0.4) is 0 Å². The van der Waals surface area contributed by atoms with Gasteiger partial charge in [0, 0.05) is 11.7 Å². The largest absolute Gasteiger partial charge is 0.480 e. The Morgan fingerprint density at radius 2 is 2.05 bits per heavy atom. The van der Waals surface area contributed by atoms with Crippen molar-refractivity contribution in [2.45, 2.75) is 38.5 Å². The number of aliphatic carboxylic acids is 1. The predicted molar refractivity (Wildman–Crippen MR) is 73.7 cm³/mol. The number of benzene rings is 1. The third-order valence-corrected chi connectivity index (χ3v) is 3.45. The molecule has 6 nitrogen and oxygen atoms in total. The summed E-state index contributed by atoms with van der Waals surface area (Å²) < 4.78 is 0. The molecule has 3 unspecified atom stereocenters. The van der Waals surface area contributed by atoms with Gasteiger partial charge >= 0.3 is 12.0 Å². The fraction of sp³-hybridized carbons (Fsp3) is 0.429. The number of amides is 2. The number of hydrogen-bond donors (Lipinski definition) is 3. The zero-order valence-electron chi connectivity index (χ0n) is 11.4. The van der Waals surface area contributed by atoms with Crippen LogP contribution in [0.15, 0.2) is 24.3 Å². The highest BCUT2D eigenvalue weighted by atomic mass is 16.4. The van der Waals surface area contributed by atoms with Crippen LogP contribution in [0.5, 0.6) is 0 Å². The second-order valence-corrected chi connectivity index (χ2v) is 5.06. The van der Waals surface area contributed by atoms with Gasteiger partial charge in [-0.2, -0.15) is 0 Å². The molecule has 1 heterocycles. The zero-order valence-corrected chi connectivity index (χ0v) is 11.4. The molecule has 0 radical (unpaired) electrons. The minimum atomic E-state index is -1.32. The molecule has 2 rings (SSSR count).